The minimum Gasteiger partial charge on any atom is -0.389 e. The molecule has 4 aliphatic rings. The molecule has 0 aromatic heterocycles. The van der Waals surface area contributed by atoms with E-state index < -0.39 is 0 Å². The Kier molecular flexibility index (Phi) is 3.98. The van der Waals surface area contributed by atoms with Crippen LogP contribution in [0.4, 0.5) is 0 Å². The van der Waals surface area contributed by atoms with Gasteiger partial charge in [0.2, 0.25) is 0 Å². The molecule has 0 spiro atoms. The lowest BCUT2D eigenvalue weighted by Gasteiger charge is -2.53. The largest absolute Gasteiger partial charge is 0.389 e. The minimum absolute atomic E-state index is 0.0401. The molecule has 1 N–H and O–H groups in total. The van der Waals surface area contributed by atoms with Crippen LogP contribution in [0.5, 0.6) is 0 Å². The van der Waals surface area contributed by atoms with Crippen molar-refractivity contribution in [1.29, 1.82) is 0 Å². The van der Waals surface area contributed by atoms with E-state index in [9.17, 15) is 14.7 Å². The predicted molar refractivity (Wildman–Crippen MR) is 92.2 cm³/mol. The zero-order valence-corrected chi connectivity index (χ0v) is 15.0. The van der Waals surface area contributed by atoms with Crippen molar-refractivity contribution in [3.8, 4) is 0 Å². The number of allylic oxidation sites excluding steroid dienone is 1. The van der Waals surface area contributed by atoms with E-state index in [4.69, 9.17) is 0 Å². The van der Waals surface area contributed by atoms with Crippen LogP contribution in [0.15, 0.2) is 11.6 Å². The number of carbonyl (C=O) groups excluding carboxylic acids is 2. The summed E-state index contributed by atoms with van der Waals surface area (Å²) in [5.41, 5.74) is 1.50. The molecule has 0 bridgehead atoms. The topological polar surface area (TPSA) is 54.4 Å². The van der Waals surface area contributed by atoms with Crippen molar-refractivity contribution in [2.75, 3.05) is 6.61 Å². The fourth-order valence-corrected chi connectivity index (χ4v) is 7.33. The van der Waals surface area contributed by atoms with Crippen molar-refractivity contribution in [2.24, 2.45) is 40.9 Å². The lowest BCUT2D eigenvalue weighted by molar-refractivity contribution is -0.133. The molecule has 3 heteroatoms. The summed E-state index contributed by atoms with van der Waals surface area (Å²) < 4.78 is 0. The van der Waals surface area contributed by atoms with Crippen molar-refractivity contribution in [3.63, 3.8) is 0 Å². The van der Waals surface area contributed by atoms with E-state index in [2.05, 4.69) is 13.8 Å². The Morgan fingerprint density at radius 3 is 2.79 bits per heavy atom. The normalized spacial score (nSPS) is 47.5. The number of fused-ring (bicyclic) bond motifs is 5. The maximum Gasteiger partial charge on any atom is 0.162 e. The van der Waals surface area contributed by atoms with Gasteiger partial charge in [0.05, 0.1) is 0 Å². The third-order valence-electron chi connectivity index (χ3n) is 8.15. The highest BCUT2D eigenvalue weighted by atomic mass is 16.3. The molecule has 0 amide bonds. The zero-order valence-electron chi connectivity index (χ0n) is 15.0. The number of Topliss-reactive ketones (excluding diaryl/α,β-unsaturated/α-hetero) is 1. The van der Waals surface area contributed by atoms with Crippen LogP contribution < -0.4 is 0 Å². The monoisotopic (exact) mass is 330 g/mol. The van der Waals surface area contributed by atoms with Gasteiger partial charge in [-0.05, 0) is 79.6 Å². The van der Waals surface area contributed by atoms with E-state index in [0.29, 0.717) is 35.4 Å². The summed E-state index contributed by atoms with van der Waals surface area (Å²) >= 11 is 0. The lowest BCUT2D eigenvalue weighted by atomic mass is 9.51. The van der Waals surface area contributed by atoms with E-state index in [1.165, 1.54) is 18.4 Å². The van der Waals surface area contributed by atoms with Gasteiger partial charge < -0.3 is 5.11 Å². The van der Waals surface area contributed by atoms with Crippen molar-refractivity contribution in [1.82, 2.24) is 0 Å². The van der Waals surface area contributed by atoms with Crippen LogP contribution in [0.25, 0.3) is 0 Å². The van der Waals surface area contributed by atoms with Crippen LogP contribution in [0, 0.1) is 40.9 Å². The number of aliphatic hydroxyl groups excluding tert-OH is 1. The summed E-state index contributed by atoms with van der Waals surface area (Å²) in [6.07, 6.45) is 9.43. The number of aliphatic hydroxyl groups is 1. The van der Waals surface area contributed by atoms with Gasteiger partial charge in [-0.2, -0.15) is 0 Å². The number of hydrogen-bond acceptors (Lipinski definition) is 3. The van der Waals surface area contributed by atoms with E-state index in [-0.39, 0.29) is 23.7 Å². The smallest absolute Gasteiger partial charge is 0.162 e. The molecule has 0 heterocycles. The predicted octanol–water partition coefficient (Wildman–Crippen LogP) is 3.55. The molecule has 0 radical (unpaired) electrons. The Bertz CT molecular complexity index is 592. The van der Waals surface area contributed by atoms with Crippen LogP contribution in [0.2, 0.25) is 0 Å². The maximum absolute atomic E-state index is 12.4. The van der Waals surface area contributed by atoms with E-state index in [1.54, 1.807) is 0 Å². The molecule has 3 fully saturated rings. The van der Waals surface area contributed by atoms with Gasteiger partial charge in [0.25, 0.3) is 0 Å². The first-order valence-corrected chi connectivity index (χ1v) is 9.82. The highest BCUT2D eigenvalue weighted by Crippen LogP contribution is 2.65. The highest BCUT2D eigenvalue weighted by Gasteiger charge is 2.59. The van der Waals surface area contributed by atoms with Gasteiger partial charge in [-0.25, -0.2) is 0 Å². The number of rotatable bonds is 2. The Morgan fingerprint density at radius 2 is 2.04 bits per heavy atom. The minimum atomic E-state index is -0.303. The van der Waals surface area contributed by atoms with Crippen molar-refractivity contribution >= 4 is 11.6 Å². The number of ketones is 2. The Balaban J connectivity index is 1.63. The molecule has 3 saturated carbocycles. The first-order chi connectivity index (χ1) is 11.5. The fraction of sp³-hybridized carbons (Fsp3) is 0.810. The maximum atomic E-state index is 12.4. The van der Waals surface area contributed by atoms with Gasteiger partial charge in [0, 0.05) is 12.3 Å². The molecule has 7 unspecified atom stereocenters. The molecule has 7 atom stereocenters. The quantitative estimate of drug-likeness (QED) is 0.842. The third-order valence-corrected chi connectivity index (χ3v) is 8.15. The second-order valence-corrected chi connectivity index (χ2v) is 9.16. The standard InChI is InChI=1S/C21H30O3/c1-12-9-18-17-5-3-13-10-14(23)4-6-15(13)16(17)7-8-21(18,2)20(12)19(24)11-22/h10,12,15-18,20,22H,3-9,11H2,1-2H3. The highest BCUT2D eigenvalue weighted by molar-refractivity contribution is 5.91. The average Bonchev–Trinajstić information content (AvgIpc) is 2.84. The van der Waals surface area contributed by atoms with E-state index >= 15 is 0 Å². The number of hydrogen-bond donors (Lipinski definition) is 1. The van der Waals surface area contributed by atoms with Gasteiger partial charge in [0.1, 0.15) is 6.61 Å². The van der Waals surface area contributed by atoms with Gasteiger partial charge >= 0.3 is 0 Å². The van der Waals surface area contributed by atoms with Crippen LogP contribution in [-0.4, -0.2) is 23.3 Å². The SMILES string of the molecule is CC1CC2C3CCC4=CC(=O)CCC4C3CCC2(C)C1C(=O)CO. The molecule has 3 nitrogen and oxygen atoms in total. The lowest BCUT2D eigenvalue weighted by Crippen LogP contribution is -2.48. The van der Waals surface area contributed by atoms with Crippen molar-refractivity contribution in [3.05, 3.63) is 11.6 Å². The van der Waals surface area contributed by atoms with Crippen molar-refractivity contribution in [2.45, 2.75) is 58.8 Å². The van der Waals surface area contributed by atoms with Gasteiger partial charge in [-0.15, -0.1) is 0 Å². The number of carbonyl (C=O) groups is 2. The molecule has 0 saturated heterocycles. The van der Waals surface area contributed by atoms with Gasteiger partial charge in [-0.3, -0.25) is 9.59 Å². The molecule has 4 aliphatic carbocycles. The van der Waals surface area contributed by atoms with Gasteiger partial charge in [0.15, 0.2) is 11.6 Å². The first-order valence-electron chi connectivity index (χ1n) is 9.82. The zero-order chi connectivity index (χ0) is 17.1. The Morgan fingerprint density at radius 1 is 1.25 bits per heavy atom. The molecule has 132 valence electrons. The summed E-state index contributed by atoms with van der Waals surface area (Å²) in [7, 11) is 0. The molecule has 4 rings (SSSR count). The summed E-state index contributed by atoms with van der Waals surface area (Å²) in [6, 6.07) is 0. The molecule has 0 aromatic carbocycles. The third kappa shape index (κ3) is 2.27. The van der Waals surface area contributed by atoms with E-state index in [0.717, 1.165) is 32.1 Å². The Labute approximate surface area is 144 Å². The van der Waals surface area contributed by atoms with Crippen LogP contribution in [0.1, 0.15) is 58.8 Å². The molecule has 0 aliphatic heterocycles. The summed E-state index contributed by atoms with van der Waals surface area (Å²) in [5, 5.41) is 9.44. The van der Waals surface area contributed by atoms with Crippen LogP contribution in [0.3, 0.4) is 0 Å². The van der Waals surface area contributed by atoms with Crippen molar-refractivity contribution < 1.29 is 14.7 Å². The average molecular weight is 330 g/mol. The summed E-state index contributed by atoms with van der Waals surface area (Å²) in [4.78, 5) is 24.2. The van der Waals surface area contributed by atoms with Crippen LogP contribution >= 0.6 is 0 Å². The summed E-state index contributed by atoms with van der Waals surface area (Å²) in [5.74, 6) is 3.47. The summed E-state index contributed by atoms with van der Waals surface area (Å²) in [6.45, 7) is 4.23. The van der Waals surface area contributed by atoms with Gasteiger partial charge in [-0.1, -0.05) is 19.4 Å². The fourth-order valence-electron chi connectivity index (χ4n) is 7.33. The first kappa shape index (κ1) is 16.5. The van der Waals surface area contributed by atoms with E-state index in [1.807, 2.05) is 6.08 Å². The second-order valence-electron chi connectivity index (χ2n) is 9.16. The van der Waals surface area contributed by atoms with Crippen LogP contribution in [-0.2, 0) is 9.59 Å². The molecular weight excluding hydrogens is 300 g/mol. The molecule has 24 heavy (non-hydrogen) atoms. The molecule has 0 aromatic rings. The second kappa shape index (κ2) is 5.79. The Hall–Kier alpha value is -0.960. The molecular formula is C21H30O3.